The highest BCUT2D eigenvalue weighted by Gasteiger charge is 2.31. The van der Waals surface area contributed by atoms with E-state index in [-0.39, 0.29) is 22.9 Å². The summed E-state index contributed by atoms with van der Waals surface area (Å²) in [6.45, 7) is 5.70. The molecule has 1 amide bonds. The highest BCUT2D eigenvalue weighted by molar-refractivity contribution is 6.08. The third-order valence-corrected chi connectivity index (χ3v) is 5.41. The summed E-state index contributed by atoms with van der Waals surface area (Å²) in [4.78, 5) is 24.9. The van der Waals surface area contributed by atoms with Gasteiger partial charge >= 0.3 is 0 Å². The van der Waals surface area contributed by atoms with Crippen LogP contribution in [0.25, 0.3) is 5.70 Å². The van der Waals surface area contributed by atoms with Crippen LogP contribution in [-0.2, 0) is 11.2 Å². The van der Waals surface area contributed by atoms with Crippen molar-refractivity contribution in [2.75, 3.05) is 5.32 Å². The second kappa shape index (κ2) is 9.20. The molecule has 0 spiro atoms. The van der Waals surface area contributed by atoms with Crippen molar-refractivity contribution in [3.05, 3.63) is 101 Å². The van der Waals surface area contributed by atoms with Crippen LogP contribution in [0.3, 0.4) is 0 Å². The molecule has 0 atom stereocenters. The Morgan fingerprint density at radius 1 is 0.909 bits per heavy atom. The summed E-state index contributed by atoms with van der Waals surface area (Å²) >= 11 is 0. The molecule has 1 aliphatic heterocycles. The topological polar surface area (TPSA) is 82.9 Å². The number of carbonyl (C=O) groups is 2. The molecule has 0 fully saturated rings. The van der Waals surface area contributed by atoms with Crippen molar-refractivity contribution in [2.45, 2.75) is 32.7 Å². The molecule has 0 saturated carbocycles. The zero-order valence-corrected chi connectivity index (χ0v) is 18.9. The largest absolute Gasteiger partial charge is 0.377 e. The molecule has 33 heavy (non-hydrogen) atoms. The third-order valence-electron chi connectivity index (χ3n) is 5.41. The van der Waals surface area contributed by atoms with E-state index in [1.807, 2.05) is 48.5 Å². The van der Waals surface area contributed by atoms with Gasteiger partial charge in [-0.25, -0.2) is 0 Å². The van der Waals surface area contributed by atoms with Gasteiger partial charge in [-0.1, -0.05) is 42.5 Å². The fraction of sp³-hybridized carbons (Fsp3) is 0.185. The number of rotatable bonds is 5. The molecule has 0 saturated heterocycles. The van der Waals surface area contributed by atoms with Crippen molar-refractivity contribution in [1.82, 2.24) is 5.32 Å². The quantitative estimate of drug-likeness (QED) is 0.295. The number of anilines is 1. The van der Waals surface area contributed by atoms with Crippen LogP contribution in [0.1, 0.15) is 42.3 Å². The van der Waals surface area contributed by atoms with E-state index in [1.54, 1.807) is 24.3 Å². The molecule has 3 aromatic carbocycles. The Bertz CT molecular complexity index is 1240. The first-order chi connectivity index (χ1) is 15.8. The molecule has 4 rings (SSSR count). The molecule has 0 unspecified atom stereocenters. The van der Waals surface area contributed by atoms with Gasteiger partial charge in [0, 0.05) is 22.4 Å². The minimum absolute atomic E-state index is 0.0196. The van der Waals surface area contributed by atoms with Crippen molar-refractivity contribution in [3.8, 4) is 0 Å². The van der Waals surface area contributed by atoms with Crippen molar-refractivity contribution in [1.29, 1.82) is 0 Å². The average molecular weight is 439 g/mol. The van der Waals surface area contributed by atoms with Crippen molar-refractivity contribution in [3.63, 3.8) is 0 Å². The number of amides is 1. The van der Waals surface area contributed by atoms with Crippen LogP contribution < -0.4 is 10.6 Å². The van der Waals surface area contributed by atoms with Gasteiger partial charge in [0.05, 0.1) is 11.4 Å². The molecular weight excluding hydrogens is 412 g/mol. The third kappa shape index (κ3) is 5.23. The molecule has 1 aliphatic rings. The van der Waals surface area contributed by atoms with E-state index in [0.717, 1.165) is 17.5 Å². The van der Waals surface area contributed by atoms with Crippen LogP contribution in [0.5, 0.6) is 0 Å². The summed E-state index contributed by atoms with van der Waals surface area (Å²) in [6, 6.07) is 24.1. The maximum atomic E-state index is 13.4. The van der Waals surface area contributed by atoms with E-state index < -0.39 is 0 Å². The predicted octanol–water partition coefficient (Wildman–Crippen LogP) is 5.90. The van der Waals surface area contributed by atoms with Gasteiger partial charge in [-0.3, -0.25) is 9.59 Å². The first kappa shape index (κ1) is 22.1. The normalized spacial score (nSPS) is 16.0. The number of nitrogens with zero attached hydrogens (tertiary/aromatic N) is 2. The highest BCUT2D eigenvalue weighted by Crippen LogP contribution is 2.32. The minimum Gasteiger partial charge on any atom is -0.377 e. The average Bonchev–Trinajstić information content (AvgIpc) is 2.79. The lowest BCUT2D eigenvalue weighted by Gasteiger charge is -2.36. The Labute approximate surface area is 193 Å². The van der Waals surface area contributed by atoms with E-state index in [1.165, 1.54) is 6.92 Å². The number of nitrogens with one attached hydrogen (secondary N) is 2. The molecule has 2 N–H and O–H groups in total. The van der Waals surface area contributed by atoms with Gasteiger partial charge in [-0.15, -0.1) is 5.11 Å². The Morgan fingerprint density at radius 2 is 1.58 bits per heavy atom. The van der Waals surface area contributed by atoms with Gasteiger partial charge in [0.1, 0.15) is 0 Å². The highest BCUT2D eigenvalue weighted by atomic mass is 16.2. The van der Waals surface area contributed by atoms with Crippen LogP contribution in [-0.4, -0.2) is 17.2 Å². The first-order valence-corrected chi connectivity index (χ1v) is 10.8. The summed E-state index contributed by atoms with van der Waals surface area (Å²) in [5, 5.41) is 15.1. The van der Waals surface area contributed by atoms with Crippen molar-refractivity contribution < 1.29 is 9.59 Å². The van der Waals surface area contributed by atoms with E-state index in [4.69, 9.17) is 0 Å². The Morgan fingerprint density at radius 3 is 2.27 bits per heavy atom. The van der Waals surface area contributed by atoms with Crippen LogP contribution in [0.15, 0.2) is 94.8 Å². The minimum atomic E-state index is -0.361. The smallest absolute Gasteiger partial charge is 0.278 e. The molecule has 3 aromatic rings. The molecule has 6 heteroatoms. The fourth-order valence-electron chi connectivity index (χ4n) is 3.82. The zero-order valence-electron chi connectivity index (χ0n) is 18.9. The fourth-order valence-corrected chi connectivity index (χ4v) is 3.82. The predicted molar refractivity (Wildman–Crippen MR) is 130 cm³/mol. The van der Waals surface area contributed by atoms with Crippen LogP contribution in [0, 0.1) is 0 Å². The summed E-state index contributed by atoms with van der Waals surface area (Å²) in [6.07, 6.45) is 0.823. The number of hydrogen-bond donors (Lipinski definition) is 2. The summed E-state index contributed by atoms with van der Waals surface area (Å²) in [5.41, 5.74) is 4.45. The molecule has 0 aliphatic carbocycles. The van der Waals surface area contributed by atoms with Gasteiger partial charge < -0.3 is 10.6 Å². The van der Waals surface area contributed by atoms with Crippen LogP contribution >= 0.6 is 0 Å². The van der Waals surface area contributed by atoms with Gasteiger partial charge in [0.2, 0.25) is 0 Å². The second-order valence-electron chi connectivity index (χ2n) is 8.69. The number of azo groups is 1. The monoisotopic (exact) mass is 438 g/mol. The van der Waals surface area contributed by atoms with Crippen molar-refractivity contribution in [2.24, 2.45) is 10.2 Å². The Balaban J connectivity index is 1.79. The number of fused-ring (bicyclic) bond motifs is 1. The molecule has 1 heterocycles. The maximum Gasteiger partial charge on any atom is 0.278 e. The zero-order chi connectivity index (χ0) is 23.4. The van der Waals surface area contributed by atoms with Gasteiger partial charge in [0.25, 0.3) is 5.91 Å². The molecular formula is C27H26N4O2. The summed E-state index contributed by atoms with van der Waals surface area (Å²) < 4.78 is 0. The molecule has 0 aromatic heterocycles. The number of para-hydroxylation sites is 1. The molecule has 166 valence electrons. The van der Waals surface area contributed by atoms with E-state index in [2.05, 4.69) is 40.8 Å². The number of carbonyl (C=O) groups excluding carboxylic acids is 2. The Hall–Kier alpha value is -4.06. The van der Waals surface area contributed by atoms with Crippen molar-refractivity contribution >= 4 is 28.8 Å². The Kier molecular flexibility index (Phi) is 6.18. The number of Topliss-reactive ketones (excluding diaryl/α,β-unsaturated/α-hetero) is 1. The molecule has 0 bridgehead atoms. The lowest BCUT2D eigenvalue weighted by atomic mass is 9.85. The standard InChI is InChI=1S/C27H26N4O2/c1-18(32)19-13-15-22(16-14-19)30-31-25(26(33)28-21-10-5-4-6-11-21)24-23-12-8-7-9-20(23)17-27(2,3)29-24/h4-16,29H,17H2,1-3H3,(H,28,33). The van der Waals surface area contributed by atoms with E-state index >= 15 is 0 Å². The van der Waals surface area contributed by atoms with Gasteiger partial charge in [-0.05, 0) is 69.2 Å². The lowest BCUT2D eigenvalue weighted by Crippen LogP contribution is -2.44. The number of hydrogen-bond acceptors (Lipinski definition) is 5. The summed E-state index contributed by atoms with van der Waals surface area (Å²) in [7, 11) is 0. The molecule has 0 radical (unpaired) electrons. The van der Waals surface area contributed by atoms with Crippen LogP contribution in [0.2, 0.25) is 0 Å². The first-order valence-electron chi connectivity index (χ1n) is 10.8. The number of benzene rings is 3. The molecule has 6 nitrogen and oxygen atoms in total. The second-order valence-corrected chi connectivity index (χ2v) is 8.69. The SMILES string of the molecule is CC(=O)c1ccc(N=NC(C(=O)Nc2ccccc2)=C2NC(C)(C)Cc3ccccc32)cc1. The lowest BCUT2D eigenvalue weighted by molar-refractivity contribution is -0.112. The van der Waals surface area contributed by atoms with Crippen LogP contribution in [0.4, 0.5) is 11.4 Å². The van der Waals surface area contributed by atoms with Gasteiger partial charge in [-0.2, -0.15) is 5.11 Å². The van der Waals surface area contributed by atoms with Gasteiger partial charge in [0.15, 0.2) is 11.5 Å². The van der Waals surface area contributed by atoms with E-state index in [0.29, 0.717) is 22.6 Å². The summed E-state index contributed by atoms with van der Waals surface area (Å²) in [5.74, 6) is -0.380. The van der Waals surface area contributed by atoms with E-state index in [9.17, 15) is 9.59 Å². The number of ketones is 1. The maximum absolute atomic E-state index is 13.4.